The monoisotopic (exact) mass is 367 g/mol. The third-order valence-corrected chi connectivity index (χ3v) is 5.82. The summed E-state index contributed by atoms with van der Waals surface area (Å²) < 4.78 is 2.05. The Morgan fingerprint density at radius 2 is 1.88 bits per heavy atom. The third kappa shape index (κ3) is 3.03. The molecule has 3 aromatic heterocycles. The van der Waals surface area contributed by atoms with E-state index in [0.29, 0.717) is 15.3 Å². The molecule has 0 spiro atoms. The Hall–Kier alpha value is -2.31. The fourth-order valence-corrected chi connectivity index (χ4v) is 4.14. The molecule has 1 aromatic carbocycles. The van der Waals surface area contributed by atoms with Gasteiger partial charge in [0.05, 0.1) is 9.41 Å². The molecule has 0 amide bonds. The molecule has 0 saturated heterocycles. The van der Waals surface area contributed by atoms with Crippen LogP contribution in [0.3, 0.4) is 0 Å². The Bertz CT molecular complexity index is 1130. The molecule has 0 N–H and O–H groups in total. The van der Waals surface area contributed by atoms with Crippen molar-refractivity contribution in [2.24, 2.45) is 0 Å². The number of thiazole rings is 1. The molecule has 0 bridgehead atoms. The Kier molecular flexibility index (Phi) is 3.81. The minimum atomic E-state index is -0.116. The van der Waals surface area contributed by atoms with Crippen molar-refractivity contribution in [3.63, 3.8) is 0 Å². The predicted octanol–water partition coefficient (Wildman–Crippen LogP) is 3.72. The normalized spacial score (nSPS) is 13.0. The molecule has 0 aliphatic rings. The summed E-state index contributed by atoms with van der Waals surface area (Å²) in [4.78, 5) is 18.7. The standard InChI is InChI=1S/C19H17N3OS2/c1-19(2,3)13-8-6-12(7-9-13)11-15-17(23)22-18(25-15)20-16(21-22)14-5-4-10-24-14/h4-11H,1-3H3/b15-11+. The SMILES string of the molecule is CC(C)(C)c1ccc(/C=c2/sc3nc(-c4cccs4)nn3c2=O)cc1. The molecule has 0 fully saturated rings. The summed E-state index contributed by atoms with van der Waals surface area (Å²) in [5, 5.41) is 6.33. The summed E-state index contributed by atoms with van der Waals surface area (Å²) in [7, 11) is 0. The van der Waals surface area contributed by atoms with Gasteiger partial charge in [-0.25, -0.2) is 0 Å². The average molecular weight is 367 g/mol. The van der Waals surface area contributed by atoms with Gasteiger partial charge in [0.15, 0.2) is 5.82 Å². The molecule has 0 aliphatic heterocycles. The zero-order valence-electron chi connectivity index (χ0n) is 14.2. The lowest BCUT2D eigenvalue weighted by molar-refractivity contribution is 0.590. The van der Waals surface area contributed by atoms with Gasteiger partial charge in [-0.1, -0.05) is 62.4 Å². The molecule has 25 heavy (non-hydrogen) atoms. The van der Waals surface area contributed by atoms with Crippen LogP contribution in [0.25, 0.3) is 21.7 Å². The number of fused-ring (bicyclic) bond motifs is 1. The zero-order chi connectivity index (χ0) is 17.6. The molecule has 3 heterocycles. The Balaban J connectivity index is 1.74. The van der Waals surface area contributed by atoms with Crippen LogP contribution in [0.1, 0.15) is 31.9 Å². The highest BCUT2D eigenvalue weighted by Gasteiger charge is 2.14. The van der Waals surface area contributed by atoms with E-state index >= 15 is 0 Å². The molecule has 4 rings (SSSR count). The first-order valence-corrected chi connectivity index (χ1v) is 9.67. The summed E-state index contributed by atoms with van der Waals surface area (Å²) in [6.45, 7) is 6.56. The molecule has 126 valence electrons. The number of benzene rings is 1. The number of hydrogen-bond acceptors (Lipinski definition) is 5. The molecule has 4 nitrogen and oxygen atoms in total. The van der Waals surface area contributed by atoms with Crippen LogP contribution in [0, 0.1) is 0 Å². The van der Waals surface area contributed by atoms with Crippen molar-refractivity contribution in [2.45, 2.75) is 26.2 Å². The van der Waals surface area contributed by atoms with E-state index in [2.05, 4.69) is 43.0 Å². The van der Waals surface area contributed by atoms with Crippen molar-refractivity contribution < 1.29 is 0 Å². The molecule has 0 saturated carbocycles. The maximum atomic E-state index is 12.6. The van der Waals surface area contributed by atoms with Crippen molar-refractivity contribution in [2.75, 3.05) is 0 Å². The first-order chi connectivity index (χ1) is 11.9. The maximum Gasteiger partial charge on any atom is 0.291 e. The van der Waals surface area contributed by atoms with Crippen LogP contribution in [-0.4, -0.2) is 14.6 Å². The van der Waals surface area contributed by atoms with Crippen molar-refractivity contribution in [1.82, 2.24) is 14.6 Å². The highest BCUT2D eigenvalue weighted by atomic mass is 32.1. The molecule has 4 aromatic rings. The summed E-state index contributed by atoms with van der Waals surface area (Å²) in [5.41, 5.74) is 2.28. The molecule has 0 unspecified atom stereocenters. The summed E-state index contributed by atoms with van der Waals surface area (Å²) in [6, 6.07) is 12.2. The number of thiophene rings is 1. The molecule has 0 aliphatic carbocycles. The second-order valence-electron chi connectivity index (χ2n) is 6.89. The van der Waals surface area contributed by atoms with E-state index in [1.54, 1.807) is 11.3 Å². The Labute approximate surface area is 153 Å². The van der Waals surface area contributed by atoms with Crippen LogP contribution in [0.15, 0.2) is 46.6 Å². The predicted molar refractivity (Wildman–Crippen MR) is 104 cm³/mol. The summed E-state index contributed by atoms with van der Waals surface area (Å²) in [6.07, 6.45) is 1.90. The van der Waals surface area contributed by atoms with Gasteiger partial charge in [-0.3, -0.25) is 4.79 Å². The zero-order valence-corrected chi connectivity index (χ0v) is 15.8. The highest BCUT2D eigenvalue weighted by molar-refractivity contribution is 7.15. The first kappa shape index (κ1) is 16.2. The van der Waals surface area contributed by atoms with Crippen LogP contribution >= 0.6 is 22.7 Å². The lowest BCUT2D eigenvalue weighted by Crippen LogP contribution is -2.23. The summed E-state index contributed by atoms with van der Waals surface area (Å²) >= 11 is 2.94. The van der Waals surface area contributed by atoms with E-state index in [0.717, 1.165) is 10.4 Å². The third-order valence-electron chi connectivity index (χ3n) is 4.00. The summed E-state index contributed by atoms with van der Waals surface area (Å²) in [5.74, 6) is 0.611. The van der Waals surface area contributed by atoms with E-state index in [4.69, 9.17) is 0 Å². The van der Waals surface area contributed by atoms with Crippen LogP contribution < -0.4 is 10.1 Å². The maximum absolute atomic E-state index is 12.6. The Morgan fingerprint density at radius 1 is 1.12 bits per heavy atom. The average Bonchev–Trinajstić information content (AvgIpc) is 3.26. The van der Waals surface area contributed by atoms with Crippen molar-refractivity contribution >= 4 is 33.7 Å². The second kappa shape index (κ2) is 5.89. The fraction of sp³-hybridized carbons (Fsp3) is 0.211. The quantitative estimate of drug-likeness (QED) is 0.542. The van der Waals surface area contributed by atoms with Crippen LogP contribution in [0.4, 0.5) is 0 Å². The lowest BCUT2D eigenvalue weighted by atomic mass is 9.87. The van der Waals surface area contributed by atoms with Gasteiger partial charge in [0, 0.05) is 0 Å². The second-order valence-corrected chi connectivity index (χ2v) is 8.85. The first-order valence-electron chi connectivity index (χ1n) is 7.97. The molecule has 6 heteroatoms. The van der Waals surface area contributed by atoms with Gasteiger partial charge in [-0.2, -0.15) is 9.50 Å². The van der Waals surface area contributed by atoms with Gasteiger partial charge in [-0.15, -0.1) is 16.4 Å². The smallest absolute Gasteiger partial charge is 0.266 e. The van der Waals surface area contributed by atoms with Gasteiger partial charge in [0.25, 0.3) is 5.56 Å². The van der Waals surface area contributed by atoms with Crippen molar-refractivity contribution in [3.8, 4) is 10.7 Å². The van der Waals surface area contributed by atoms with Gasteiger partial charge in [0.1, 0.15) is 0 Å². The van der Waals surface area contributed by atoms with Gasteiger partial charge >= 0.3 is 0 Å². The van der Waals surface area contributed by atoms with Crippen LogP contribution in [0.2, 0.25) is 0 Å². The number of hydrogen-bond donors (Lipinski definition) is 0. The molecule has 0 radical (unpaired) electrons. The van der Waals surface area contributed by atoms with E-state index < -0.39 is 0 Å². The van der Waals surface area contributed by atoms with E-state index in [-0.39, 0.29) is 11.0 Å². The fourth-order valence-electron chi connectivity index (χ4n) is 2.57. The van der Waals surface area contributed by atoms with Crippen molar-refractivity contribution in [1.29, 1.82) is 0 Å². The van der Waals surface area contributed by atoms with E-state index in [1.165, 1.54) is 21.4 Å². The van der Waals surface area contributed by atoms with E-state index in [9.17, 15) is 4.79 Å². The lowest BCUT2D eigenvalue weighted by Gasteiger charge is -2.18. The topological polar surface area (TPSA) is 47.3 Å². The number of nitrogens with zero attached hydrogens (tertiary/aromatic N) is 3. The Morgan fingerprint density at radius 3 is 2.48 bits per heavy atom. The van der Waals surface area contributed by atoms with E-state index in [1.807, 2.05) is 35.7 Å². The number of rotatable bonds is 2. The molecular formula is C19H17N3OS2. The van der Waals surface area contributed by atoms with Gasteiger partial charge in [0.2, 0.25) is 4.96 Å². The minimum Gasteiger partial charge on any atom is -0.266 e. The highest BCUT2D eigenvalue weighted by Crippen LogP contribution is 2.23. The minimum absolute atomic E-state index is 0.116. The molecule has 0 atom stereocenters. The number of aromatic nitrogens is 3. The van der Waals surface area contributed by atoms with Gasteiger partial charge < -0.3 is 0 Å². The van der Waals surface area contributed by atoms with Crippen LogP contribution in [0.5, 0.6) is 0 Å². The van der Waals surface area contributed by atoms with Crippen LogP contribution in [-0.2, 0) is 5.41 Å². The molecular weight excluding hydrogens is 350 g/mol. The van der Waals surface area contributed by atoms with Gasteiger partial charge in [-0.05, 0) is 34.1 Å². The van der Waals surface area contributed by atoms with Crippen molar-refractivity contribution in [3.05, 3.63) is 67.8 Å². The largest absolute Gasteiger partial charge is 0.291 e.